The highest BCUT2D eigenvalue weighted by Crippen LogP contribution is 2.26. The van der Waals surface area contributed by atoms with E-state index in [4.69, 9.17) is 4.98 Å². The van der Waals surface area contributed by atoms with Gasteiger partial charge in [-0.2, -0.15) is 9.29 Å². The van der Waals surface area contributed by atoms with Crippen LogP contribution < -0.4 is 10.6 Å². The number of nitrogens with zero attached hydrogens (tertiary/aromatic N) is 5. The third-order valence-corrected chi connectivity index (χ3v) is 10.3. The fraction of sp³-hybridized carbons (Fsp3) is 0.379. The molecule has 0 aliphatic carbocycles. The first kappa shape index (κ1) is 27.3. The van der Waals surface area contributed by atoms with Gasteiger partial charge in [-0.1, -0.05) is 15.9 Å². The van der Waals surface area contributed by atoms with Crippen molar-refractivity contribution < 1.29 is 8.42 Å². The van der Waals surface area contributed by atoms with Gasteiger partial charge in [0, 0.05) is 47.1 Å². The Morgan fingerprint density at radius 1 is 1.02 bits per heavy atom. The summed E-state index contributed by atoms with van der Waals surface area (Å²) < 4.78 is 32.5. The van der Waals surface area contributed by atoms with E-state index in [1.807, 2.05) is 35.0 Å². The fourth-order valence-corrected chi connectivity index (χ4v) is 7.73. The summed E-state index contributed by atoms with van der Waals surface area (Å²) in [5.74, 6) is 1.18. The zero-order valence-corrected chi connectivity index (χ0v) is 24.7. The third kappa shape index (κ3) is 5.94. The Morgan fingerprint density at radius 3 is 2.58 bits per heavy atom. The van der Waals surface area contributed by atoms with Crippen LogP contribution in [-0.2, 0) is 10.0 Å². The van der Waals surface area contributed by atoms with E-state index in [1.54, 1.807) is 34.8 Å². The molecule has 0 atom stereocenters. The Bertz CT molecular complexity index is 1560. The average molecular weight is 625 g/mol. The zero-order chi connectivity index (χ0) is 27.5. The van der Waals surface area contributed by atoms with Crippen LogP contribution in [0.2, 0.25) is 0 Å². The lowest BCUT2D eigenvalue weighted by Crippen LogP contribution is -2.48. The fourth-order valence-electron chi connectivity index (χ4n) is 5.67. The van der Waals surface area contributed by atoms with E-state index in [2.05, 4.69) is 42.5 Å². The number of piperidine rings is 1. The molecule has 210 valence electrons. The molecule has 2 N–H and O–H groups in total. The molecule has 0 saturated carbocycles. The van der Waals surface area contributed by atoms with Crippen molar-refractivity contribution in [3.63, 3.8) is 0 Å². The maximum atomic E-state index is 13.8. The summed E-state index contributed by atoms with van der Waals surface area (Å²) in [5, 5.41) is 7.70. The van der Waals surface area contributed by atoms with E-state index in [0.717, 1.165) is 72.4 Å². The van der Waals surface area contributed by atoms with Crippen LogP contribution >= 0.6 is 15.9 Å². The van der Waals surface area contributed by atoms with E-state index >= 15 is 0 Å². The van der Waals surface area contributed by atoms with Crippen molar-refractivity contribution in [2.45, 2.75) is 36.6 Å². The number of anilines is 2. The average Bonchev–Trinajstić information content (AvgIpc) is 3.64. The molecule has 2 fully saturated rings. The minimum absolute atomic E-state index is 0.0219. The monoisotopic (exact) mass is 623 g/mol. The van der Waals surface area contributed by atoms with Crippen LogP contribution in [-0.4, -0.2) is 77.5 Å². The van der Waals surface area contributed by atoms with Gasteiger partial charge in [0.05, 0.1) is 10.4 Å². The number of fused-ring (bicyclic) bond motifs is 1. The first-order valence-corrected chi connectivity index (χ1v) is 16.1. The number of halogens is 1. The van der Waals surface area contributed by atoms with Crippen LogP contribution in [0, 0.1) is 0 Å². The second-order valence-corrected chi connectivity index (χ2v) is 13.2. The van der Waals surface area contributed by atoms with Crippen LogP contribution in [0.5, 0.6) is 0 Å². The smallest absolute Gasteiger partial charge is 0.243 e. The first-order chi connectivity index (χ1) is 19.5. The van der Waals surface area contributed by atoms with E-state index in [1.165, 1.54) is 12.8 Å². The predicted molar refractivity (Wildman–Crippen MR) is 162 cm³/mol. The minimum Gasteiger partial charge on any atom is -0.324 e. The van der Waals surface area contributed by atoms with Crippen molar-refractivity contribution in [1.82, 2.24) is 29.1 Å². The van der Waals surface area contributed by atoms with E-state index in [9.17, 15) is 8.42 Å². The second-order valence-electron chi connectivity index (χ2n) is 10.4. The van der Waals surface area contributed by atoms with Gasteiger partial charge in [-0.05, 0) is 106 Å². The largest absolute Gasteiger partial charge is 0.324 e. The summed E-state index contributed by atoms with van der Waals surface area (Å²) in [6.45, 7) is 5.12. The molecule has 0 unspecified atom stereocenters. The summed E-state index contributed by atoms with van der Waals surface area (Å²) in [6, 6.07) is 17.0. The lowest BCUT2D eigenvalue weighted by Gasteiger charge is -2.34. The third-order valence-electron chi connectivity index (χ3n) is 7.81. The van der Waals surface area contributed by atoms with Gasteiger partial charge in [0.2, 0.25) is 16.0 Å². The highest BCUT2D eigenvalue weighted by atomic mass is 79.9. The molecule has 0 spiro atoms. The molecule has 4 aromatic rings. The van der Waals surface area contributed by atoms with Crippen LogP contribution in [0.25, 0.3) is 16.7 Å². The molecule has 9 nitrogen and oxygen atoms in total. The number of likely N-dealkylation sites (tertiary alicyclic amines) is 1. The molecular weight excluding hydrogens is 590 g/mol. The molecular formula is C29H34BrN7O2S. The molecule has 0 bridgehead atoms. The molecule has 2 aliphatic rings. The van der Waals surface area contributed by atoms with Crippen molar-refractivity contribution in [1.29, 1.82) is 0 Å². The van der Waals surface area contributed by atoms with Crippen molar-refractivity contribution in [2.24, 2.45) is 0 Å². The topological polar surface area (TPSA) is 95.4 Å². The number of sulfonamides is 1. The lowest BCUT2D eigenvalue weighted by molar-refractivity contribution is 0.228. The van der Waals surface area contributed by atoms with E-state index in [-0.39, 0.29) is 6.04 Å². The summed E-state index contributed by atoms with van der Waals surface area (Å²) in [6.07, 6.45) is 7.76. The van der Waals surface area contributed by atoms with E-state index < -0.39 is 10.0 Å². The van der Waals surface area contributed by atoms with Gasteiger partial charge in [-0.25, -0.2) is 13.4 Å². The first-order valence-electron chi connectivity index (χ1n) is 13.9. The van der Waals surface area contributed by atoms with Crippen LogP contribution in [0.3, 0.4) is 0 Å². The normalized spacial score (nSPS) is 17.1. The van der Waals surface area contributed by atoms with Crippen LogP contribution in [0.1, 0.15) is 25.7 Å². The molecule has 40 heavy (non-hydrogen) atoms. The molecule has 4 heterocycles. The molecule has 2 aliphatic heterocycles. The van der Waals surface area contributed by atoms with Crippen LogP contribution in [0.15, 0.2) is 76.4 Å². The Labute approximate surface area is 243 Å². The summed E-state index contributed by atoms with van der Waals surface area (Å²) in [5.41, 5.74) is 1.77. The molecule has 2 aromatic heterocycles. The summed E-state index contributed by atoms with van der Waals surface area (Å²) in [7, 11) is -3.63. The molecule has 0 amide bonds. The Kier molecular flexibility index (Phi) is 8.17. The van der Waals surface area contributed by atoms with E-state index in [0.29, 0.717) is 17.4 Å². The molecule has 0 radical (unpaired) electrons. The van der Waals surface area contributed by atoms with Gasteiger partial charge in [0.15, 0.2) is 0 Å². The van der Waals surface area contributed by atoms with Crippen molar-refractivity contribution in [3.05, 3.63) is 71.5 Å². The number of aromatic nitrogens is 3. The molecule has 11 heteroatoms. The number of benzene rings is 2. The Hall–Kier alpha value is -2.83. The Morgan fingerprint density at radius 2 is 1.80 bits per heavy atom. The standard InChI is InChI=1S/C29H34BrN7O2S/c30-23-3-8-27-22(21-23)12-18-36(27)28-11-15-32-29(34-28)33-24-4-6-26(7-5-24)40(38,39)37(25-9-13-31-14-10-25)20-19-35-16-1-2-17-35/h3-8,11-12,15,18,21,25,31H,1-2,9-10,13-14,16-17,19-20H2,(H,32,33,34). The minimum atomic E-state index is -3.63. The Balaban J connectivity index is 1.19. The number of rotatable bonds is 9. The molecule has 6 rings (SSSR count). The number of nitrogens with one attached hydrogen (secondary N) is 2. The number of hydrogen-bond acceptors (Lipinski definition) is 7. The number of hydrogen-bond donors (Lipinski definition) is 2. The summed E-state index contributed by atoms with van der Waals surface area (Å²) >= 11 is 3.52. The maximum absolute atomic E-state index is 13.8. The van der Waals surface area contributed by atoms with Gasteiger partial charge >= 0.3 is 0 Å². The van der Waals surface area contributed by atoms with Crippen molar-refractivity contribution >= 4 is 48.5 Å². The van der Waals surface area contributed by atoms with Crippen LogP contribution in [0.4, 0.5) is 11.6 Å². The van der Waals surface area contributed by atoms with Crippen molar-refractivity contribution in [2.75, 3.05) is 44.6 Å². The van der Waals surface area contributed by atoms with Gasteiger partial charge in [0.25, 0.3) is 0 Å². The maximum Gasteiger partial charge on any atom is 0.243 e. The molecule has 2 aromatic carbocycles. The zero-order valence-electron chi connectivity index (χ0n) is 22.3. The van der Waals surface area contributed by atoms with Gasteiger partial charge in [-0.3, -0.25) is 0 Å². The quantitative estimate of drug-likeness (QED) is 0.277. The van der Waals surface area contributed by atoms with Gasteiger partial charge in [0.1, 0.15) is 5.82 Å². The van der Waals surface area contributed by atoms with Crippen molar-refractivity contribution in [3.8, 4) is 5.82 Å². The van der Waals surface area contributed by atoms with Gasteiger partial charge in [-0.15, -0.1) is 0 Å². The summed E-state index contributed by atoms with van der Waals surface area (Å²) in [4.78, 5) is 11.8. The SMILES string of the molecule is O=S(=O)(c1ccc(Nc2nccc(-n3ccc4cc(Br)ccc43)n2)cc1)N(CCN1CCCC1)C1CCNCC1. The molecule has 2 saturated heterocycles. The highest BCUT2D eigenvalue weighted by Gasteiger charge is 2.32. The highest BCUT2D eigenvalue weighted by molar-refractivity contribution is 9.10. The second kappa shape index (κ2) is 12.0. The van der Waals surface area contributed by atoms with Gasteiger partial charge < -0.3 is 20.1 Å². The predicted octanol–water partition coefficient (Wildman–Crippen LogP) is 4.77. The lowest BCUT2D eigenvalue weighted by atomic mass is 10.1.